The van der Waals surface area contributed by atoms with Gasteiger partial charge in [0, 0.05) is 18.0 Å². The fourth-order valence-corrected chi connectivity index (χ4v) is 6.65. The molecular weight excluding hydrogens is 504 g/mol. The maximum absolute atomic E-state index is 13.1. The third-order valence-corrected chi connectivity index (χ3v) is 8.53. The Balaban J connectivity index is 1.33. The zero-order valence-electron chi connectivity index (χ0n) is 23.6. The van der Waals surface area contributed by atoms with Crippen LogP contribution in [0.2, 0.25) is 0 Å². The van der Waals surface area contributed by atoms with E-state index in [4.69, 9.17) is 18.9 Å². The van der Waals surface area contributed by atoms with Gasteiger partial charge in [0.25, 0.3) is 5.91 Å². The second-order valence-corrected chi connectivity index (χ2v) is 12.3. The van der Waals surface area contributed by atoms with Crippen molar-refractivity contribution in [1.29, 1.82) is 0 Å². The van der Waals surface area contributed by atoms with Gasteiger partial charge in [0.2, 0.25) is 0 Å². The topological polar surface area (TPSA) is 124 Å². The molecule has 212 valence electrons. The SMILES string of the molecule is Cc1ccc2c3c1O[C@H]1C(OC(=O)[C@H](C)NC(=O)[C@H](C)OC(=O)OC(C)(C)C)=CC[C@@]4(O)[C@@H](C2)N(C)CC[C@]314. The molecule has 1 fully saturated rings. The van der Waals surface area contributed by atoms with Gasteiger partial charge >= 0.3 is 12.1 Å². The summed E-state index contributed by atoms with van der Waals surface area (Å²) in [6.07, 6.45) is 0.639. The van der Waals surface area contributed by atoms with Crippen molar-refractivity contribution in [1.82, 2.24) is 10.2 Å². The van der Waals surface area contributed by atoms with E-state index in [2.05, 4.69) is 16.3 Å². The fourth-order valence-electron chi connectivity index (χ4n) is 6.65. The van der Waals surface area contributed by atoms with Crippen LogP contribution in [0.4, 0.5) is 4.79 Å². The molecule has 1 aromatic rings. The summed E-state index contributed by atoms with van der Waals surface area (Å²) < 4.78 is 22.5. The molecule has 1 saturated heterocycles. The number of carbonyl (C=O) groups excluding carboxylic acids is 3. The monoisotopic (exact) mass is 542 g/mol. The van der Waals surface area contributed by atoms with Crippen molar-refractivity contribution < 1.29 is 38.4 Å². The molecule has 4 aliphatic rings. The van der Waals surface area contributed by atoms with Gasteiger partial charge in [0.05, 0.1) is 11.0 Å². The molecule has 10 nitrogen and oxygen atoms in total. The number of nitrogens with one attached hydrogen (secondary N) is 1. The van der Waals surface area contributed by atoms with Crippen LogP contribution in [0.3, 0.4) is 0 Å². The van der Waals surface area contributed by atoms with E-state index in [1.807, 2.05) is 20.0 Å². The average Bonchev–Trinajstić information content (AvgIpc) is 3.19. The number of aryl methyl sites for hydroxylation is 1. The molecule has 0 unspecified atom stereocenters. The second kappa shape index (κ2) is 9.23. The maximum atomic E-state index is 13.1. The van der Waals surface area contributed by atoms with E-state index < -0.39 is 52.9 Å². The quantitative estimate of drug-likeness (QED) is 0.541. The first-order valence-corrected chi connectivity index (χ1v) is 13.5. The van der Waals surface area contributed by atoms with Crippen LogP contribution < -0.4 is 10.1 Å². The van der Waals surface area contributed by atoms with Crippen LogP contribution >= 0.6 is 0 Å². The summed E-state index contributed by atoms with van der Waals surface area (Å²) in [4.78, 5) is 39.9. The lowest BCUT2D eigenvalue weighted by Crippen LogP contribution is -2.74. The molecule has 2 N–H and O–H groups in total. The Morgan fingerprint density at radius 2 is 1.95 bits per heavy atom. The van der Waals surface area contributed by atoms with Crippen LogP contribution in [0.1, 0.15) is 64.2 Å². The number of likely N-dealkylation sites (N-methyl/N-ethyl adjacent to an activating group) is 1. The maximum Gasteiger partial charge on any atom is 0.509 e. The number of likely N-dealkylation sites (tertiary alicyclic amines) is 1. The molecular formula is C29H38N2O8. The average molecular weight is 543 g/mol. The first-order chi connectivity index (χ1) is 18.2. The summed E-state index contributed by atoms with van der Waals surface area (Å²) in [6, 6.07) is 3.04. The van der Waals surface area contributed by atoms with Crippen molar-refractivity contribution in [3.63, 3.8) is 0 Å². The Morgan fingerprint density at radius 1 is 1.23 bits per heavy atom. The van der Waals surface area contributed by atoms with Gasteiger partial charge in [-0.1, -0.05) is 12.1 Å². The molecule has 1 amide bonds. The molecule has 39 heavy (non-hydrogen) atoms. The summed E-state index contributed by atoms with van der Waals surface area (Å²) in [6.45, 7) is 10.7. The van der Waals surface area contributed by atoms with Gasteiger partial charge in [-0.15, -0.1) is 0 Å². The number of hydrogen-bond donors (Lipinski definition) is 2. The van der Waals surface area contributed by atoms with Gasteiger partial charge in [-0.25, -0.2) is 9.59 Å². The Hall–Kier alpha value is -3.11. The molecule has 0 aromatic heterocycles. The molecule has 10 heteroatoms. The number of piperidine rings is 1. The van der Waals surface area contributed by atoms with Crippen LogP contribution in [-0.2, 0) is 35.6 Å². The van der Waals surface area contributed by atoms with E-state index in [-0.39, 0.29) is 6.04 Å². The number of ether oxygens (including phenoxy) is 4. The van der Waals surface area contributed by atoms with Crippen LogP contribution in [0.25, 0.3) is 0 Å². The molecule has 2 bridgehead atoms. The first-order valence-electron chi connectivity index (χ1n) is 13.5. The van der Waals surface area contributed by atoms with E-state index >= 15 is 0 Å². The van der Waals surface area contributed by atoms with Gasteiger partial charge < -0.3 is 34.3 Å². The highest BCUT2D eigenvalue weighted by molar-refractivity contribution is 5.87. The van der Waals surface area contributed by atoms with Crippen molar-refractivity contribution in [2.24, 2.45) is 0 Å². The zero-order chi connectivity index (χ0) is 28.5. The molecule has 2 aliphatic carbocycles. The number of amides is 1. The fraction of sp³-hybridized carbons (Fsp3) is 0.621. The van der Waals surface area contributed by atoms with E-state index in [1.165, 1.54) is 13.8 Å². The van der Waals surface area contributed by atoms with Crippen LogP contribution in [0.5, 0.6) is 5.75 Å². The predicted octanol–water partition coefficient (Wildman–Crippen LogP) is 2.66. The molecule has 2 heterocycles. The van der Waals surface area contributed by atoms with Crippen LogP contribution in [0.15, 0.2) is 24.0 Å². The minimum atomic E-state index is -1.18. The normalized spacial score (nSPS) is 30.2. The number of carbonyl (C=O) groups is 3. The molecule has 5 rings (SSSR count). The van der Waals surface area contributed by atoms with Crippen molar-refractivity contribution in [3.8, 4) is 5.75 Å². The summed E-state index contributed by atoms with van der Waals surface area (Å²) in [5.74, 6) is -0.239. The Morgan fingerprint density at radius 3 is 2.64 bits per heavy atom. The summed E-state index contributed by atoms with van der Waals surface area (Å²) in [7, 11) is 2.04. The molecule has 1 spiro atoms. The molecule has 2 aliphatic heterocycles. The lowest BCUT2D eigenvalue weighted by molar-refractivity contribution is -0.170. The number of aliphatic hydroxyl groups is 1. The minimum Gasteiger partial charge on any atom is -0.481 e. The van der Waals surface area contributed by atoms with Gasteiger partial charge in [-0.3, -0.25) is 4.79 Å². The van der Waals surface area contributed by atoms with Crippen LogP contribution in [-0.4, -0.2) is 77.1 Å². The summed E-state index contributed by atoms with van der Waals surface area (Å²) in [5.41, 5.74) is 0.605. The van der Waals surface area contributed by atoms with Crippen molar-refractivity contribution >= 4 is 18.0 Å². The first kappa shape index (κ1) is 27.5. The number of nitrogens with zero attached hydrogens (tertiary/aromatic N) is 1. The predicted molar refractivity (Wildman–Crippen MR) is 140 cm³/mol. The molecule has 0 radical (unpaired) electrons. The number of benzene rings is 1. The number of hydrogen-bond acceptors (Lipinski definition) is 9. The van der Waals surface area contributed by atoms with Gasteiger partial charge in [0.15, 0.2) is 12.2 Å². The van der Waals surface area contributed by atoms with Gasteiger partial charge in [-0.2, -0.15) is 0 Å². The van der Waals surface area contributed by atoms with Crippen molar-refractivity contribution in [3.05, 3.63) is 40.7 Å². The smallest absolute Gasteiger partial charge is 0.481 e. The summed E-state index contributed by atoms with van der Waals surface area (Å²) >= 11 is 0. The Labute approximate surface area is 228 Å². The Bertz CT molecular complexity index is 1250. The highest BCUT2D eigenvalue weighted by atomic mass is 16.7. The van der Waals surface area contributed by atoms with Crippen LogP contribution in [0, 0.1) is 6.92 Å². The van der Waals surface area contributed by atoms with E-state index in [1.54, 1.807) is 26.8 Å². The third kappa shape index (κ3) is 4.28. The van der Waals surface area contributed by atoms with E-state index in [0.717, 1.165) is 35.4 Å². The molecule has 1 aromatic carbocycles. The minimum absolute atomic E-state index is 0.0864. The molecule has 6 atom stereocenters. The van der Waals surface area contributed by atoms with Crippen molar-refractivity contribution in [2.75, 3.05) is 13.6 Å². The molecule has 0 saturated carbocycles. The van der Waals surface area contributed by atoms with Crippen molar-refractivity contribution in [2.45, 2.75) is 102 Å². The summed E-state index contributed by atoms with van der Waals surface area (Å²) in [5, 5.41) is 14.8. The Kier molecular flexibility index (Phi) is 6.50. The second-order valence-electron chi connectivity index (χ2n) is 12.3. The van der Waals surface area contributed by atoms with Gasteiger partial charge in [-0.05, 0) is 85.2 Å². The zero-order valence-corrected chi connectivity index (χ0v) is 23.6. The largest absolute Gasteiger partial charge is 0.509 e. The number of rotatable bonds is 5. The van der Waals surface area contributed by atoms with Gasteiger partial charge in [0.1, 0.15) is 23.2 Å². The van der Waals surface area contributed by atoms with E-state index in [0.29, 0.717) is 18.6 Å². The highest BCUT2D eigenvalue weighted by Crippen LogP contribution is 2.64. The highest BCUT2D eigenvalue weighted by Gasteiger charge is 2.71. The standard InChI is InChI=1S/C29H38N2O8/c1-15-8-9-18-14-20-29(35)11-10-19(23-28(29,12-13-31(20)7)21(18)22(15)38-23)37-25(33)16(2)30-24(32)17(3)36-26(34)39-27(4,5)6/h8-10,16-17,20,23,35H,11-14H2,1-7H3,(H,30,32)/t16-,17-,20+,23-,28-,29+/m0/s1. The lowest BCUT2D eigenvalue weighted by atomic mass is 9.50. The van der Waals surface area contributed by atoms with E-state index in [9.17, 15) is 19.5 Å². The third-order valence-electron chi connectivity index (χ3n) is 8.53. The lowest BCUT2D eigenvalue weighted by Gasteiger charge is -2.61. The number of esters is 1.